The molecule has 0 spiro atoms. The maximum absolute atomic E-state index is 13.6. The highest BCUT2D eigenvalue weighted by Gasteiger charge is 2.42. The largest absolute Gasteiger partial charge is 0.387 e. The number of benzene rings is 1. The van der Waals surface area contributed by atoms with Crippen molar-refractivity contribution in [2.45, 2.75) is 18.9 Å². The minimum absolute atomic E-state index is 0.0284. The van der Waals surface area contributed by atoms with Gasteiger partial charge in [-0.1, -0.05) is 12.1 Å². The fourth-order valence-electron chi connectivity index (χ4n) is 2.21. The van der Waals surface area contributed by atoms with E-state index < -0.39 is 23.2 Å². The van der Waals surface area contributed by atoms with Crippen LogP contribution in [0, 0.1) is 28.4 Å². The van der Waals surface area contributed by atoms with Gasteiger partial charge in [0, 0.05) is 12.2 Å². The van der Waals surface area contributed by atoms with Crippen LogP contribution < -0.4 is 0 Å². The fraction of sp³-hybridized carbons (Fsp3) is 0.462. The summed E-state index contributed by atoms with van der Waals surface area (Å²) < 4.78 is 32.0. The summed E-state index contributed by atoms with van der Waals surface area (Å²) in [6.07, 6.45) is -0.374. The number of nitriles is 1. The molecule has 1 aromatic carbocycles. The van der Waals surface area contributed by atoms with Crippen molar-refractivity contribution in [3.8, 4) is 6.07 Å². The lowest BCUT2D eigenvalue weighted by Crippen LogP contribution is -2.36. The minimum atomic E-state index is -1.39. The second-order valence-corrected chi connectivity index (χ2v) is 4.47. The van der Waals surface area contributed by atoms with Gasteiger partial charge in [-0.05, 0) is 18.9 Å². The van der Waals surface area contributed by atoms with E-state index in [4.69, 9.17) is 4.74 Å². The molecule has 1 aliphatic rings. The number of hydrogen-bond donors (Lipinski definition) is 1. The van der Waals surface area contributed by atoms with Crippen molar-refractivity contribution < 1.29 is 18.6 Å². The van der Waals surface area contributed by atoms with Gasteiger partial charge in [0.2, 0.25) is 0 Å². The third kappa shape index (κ3) is 2.09. The highest BCUT2D eigenvalue weighted by atomic mass is 19.2. The zero-order valence-corrected chi connectivity index (χ0v) is 9.70. The monoisotopic (exact) mass is 253 g/mol. The first-order valence-electron chi connectivity index (χ1n) is 5.72. The lowest BCUT2D eigenvalue weighted by molar-refractivity contribution is -0.0519. The van der Waals surface area contributed by atoms with Crippen LogP contribution >= 0.6 is 0 Å². The Kier molecular flexibility index (Phi) is 3.60. The van der Waals surface area contributed by atoms with E-state index in [0.29, 0.717) is 19.4 Å². The van der Waals surface area contributed by atoms with E-state index in [1.165, 1.54) is 12.1 Å². The van der Waals surface area contributed by atoms with Gasteiger partial charge in [-0.25, -0.2) is 8.78 Å². The van der Waals surface area contributed by atoms with Crippen LogP contribution in [0.4, 0.5) is 8.78 Å². The van der Waals surface area contributed by atoms with Gasteiger partial charge in [0.05, 0.1) is 12.7 Å². The van der Waals surface area contributed by atoms with Crippen LogP contribution in [-0.4, -0.2) is 18.3 Å². The molecule has 0 bridgehead atoms. The molecule has 0 aliphatic carbocycles. The van der Waals surface area contributed by atoms with Gasteiger partial charge >= 0.3 is 0 Å². The standard InChI is InChI=1S/C13H13F2NO2/c14-10-4-1-3-9(11(10)15)12(17)13(7-16)5-2-6-18-8-13/h1,3-4,12,17H,2,5-6,8H2. The Labute approximate surface area is 104 Å². The molecule has 1 N–H and O–H groups in total. The molecule has 96 valence electrons. The Morgan fingerprint density at radius 1 is 1.44 bits per heavy atom. The molecule has 0 aromatic heterocycles. The van der Waals surface area contributed by atoms with Crippen molar-refractivity contribution in [3.05, 3.63) is 35.4 Å². The summed E-state index contributed by atoms with van der Waals surface area (Å²) in [6.45, 7) is 0.544. The number of hydrogen-bond acceptors (Lipinski definition) is 3. The topological polar surface area (TPSA) is 53.2 Å². The van der Waals surface area contributed by atoms with Crippen molar-refractivity contribution >= 4 is 0 Å². The zero-order chi connectivity index (χ0) is 13.2. The molecule has 2 unspecified atom stereocenters. The van der Waals surface area contributed by atoms with Gasteiger partial charge < -0.3 is 9.84 Å². The quantitative estimate of drug-likeness (QED) is 0.880. The summed E-state index contributed by atoms with van der Waals surface area (Å²) in [5, 5.41) is 19.4. The van der Waals surface area contributed by atoms with Crippen LogP contribution in [0.25, 0.3) is 0 Å². The highest BCUT2D eigenvalue weighted by Crippen LogP contribution is 2.41. The summed E-state index contributed by atoms with van der Waals surface area (Å²) in [7, 11) is 0. The smallest absolute Gasteiger partial charge is 0.164 e. The Morgan fingerprint density at radius 2 is 2.22 bits per heavy atom. The van der Waals surface area contributed by atoms with E-state index in [2.05, 4.69) is 0 Å². The average molecular weight is 253 g/mol. The number of ether oxygens (including phenoxy) is 1. The van der Waals surface area contributed by atoms with Crippen LogP contribution in [0.3, 0.4) is 0 Å². The van der Waals surface area contributed by atoms with Crippen LogP contribution in [0.5, 0.6) is 0 Å². The third-order valence-corrected chi connectivity index (χ3v) is 3.29. The summed E-state index contributed by atoms with van der Waals surface area (Å²) in [5.74, 6) is -2.14. The van der Waals surface area contributed by atoms with E-state index in [0.717, 1.165) is 6.07 Å². The summed E-state index contributed by atoms with van der Waals surface area (Å²) in [4.78, 5) is 0. The molecule has 1 fully saturated rings. The predicted molar refractivity (Wildman–Crippen MR) is 59.4 cm³/mol. The van der Waals surface area contributed by atoms with Gasteiger partial charge in [-0.2, -0.15) is 5.26 Å². The van der Waals surface area contributed by atoms with Gasteiger partial charge in [-0.3, -0.25) is 0 Å². The molecule has 1 aromatic rings. The molecule has 1 saturated heterocycles. The molecule has 2 atom stereocenters. The Bertz CT molecular complexity index is 478. The second-order valence-electron chi connectivity index (χ2n) is 4.47. The summed E-state index contributed by atoms with van der Waals surface area (Å²) in [6, 6.07) is 5.57. The maximum atomic E-state index is 13.6. The molecule has 1 aliphatic heterocycles. The highest BCUT2D eigenvalue weighted by molar-refractivity contribution is 5.26. The molecular formula is C13H13F2NO2. The first kappa shape index (κ1) is 12.9. The Morgan fingerprint density at radius 3 is 2.83 bits per heavy atom. The predicted octanol–water partition coefficient (Wildman–Crippen LogP) is 2.32. The van der Waals surface area contributed by atoms with Crippen LogP contribution in [0.1, 0.15) is 24.5 Å². The van der Waals surface area contributed by atoms with Crippen molar-refractivity contribution in [1.82, 2.24) is 0 Å². The van der Waals surface area contributed by atoms with Crippen molar-refractivity contribution in [3.63, 3.8) is 0 Å². The second kappa shape index (κ2) is 5.01. The Balaban J connectivity index is 2.37. The SMILES string of the molecule is N#CC1(C(O)c2cccc(F)c2F)CCCOC1. The van der Waals surface area contributed by atoms with Crippen molar-refractivity contribution in [2.24, 2.45) is 5.41 Å². The molecule has 0 saturated carbocycles. The van der Waals surface area contributed by atoms with Crippen LogP contribution in [0.15, 0.2) is 18.2 Å². The number of rotatable bonds is 2. The fourth-order valence-corrected chi connectivity index (χ4v) is 2.21. The van der Waals surface area contributed by atoms with Gasteiger partial charge in [0.15, 0.2) is 11.6 Å². The van der Waals surface area contributed by atoms with Crippen molar-refractivity contribution in [1.29, 1.82) is 5.26 Å². The van der Waals surface area contributed by atoms with Gasteiger partial charge in [0.1, 0.15) is 11.5 Å². The lowest BCUT2D eigenvalue weighted by Gasteiger charge is -2.35. The van der Waals surface area contributed by atoms with E-state index in [-0.39, 0.29) is 12.2 Å². The molecule has 1 heterocycles. The molecule has 2 rings (SSSR count). The van der Waals surface area contributed by atoms with E-state index >= 15 is 0 Å². The maximum Gasteiger partial charge on any atom is 0.164 e. The summed E-state index contributed by atoms with van der Waals surface area (Å²) in [5.41, 5.74) is -1.39. The number of aliphatic hydroxyl groups is 1. The molecule has 18 heavy (non-hydrogen) atoms. The number of aliphatic hydroxyl groups excluding tert-OH is 1. The zero-order valence-electron chi connectivity index (χ0n) is 9.70. The first-order chi connectivity index (χ1) is 8.60. The van der Waals surface area contributed by atoms with Gasteiger partial charge in [-0.15, -0.1) is 0 Å². The molecular weight excluding hydrogens is 240 g/mol. The molecule has 0 radical (unpaired) electrons. The van der Waals surface area contributed by atoms with E-state index in [1.807, 2.05) is 6.07 Å². The van der Waals surface area contributed by atoms with Gasteiger partial charge in [0.25, 0.3) is 0 Å². The Hall–Kier alpha value is -1.51. The number of halogens is 2. The van der Waals surface area contributed by atoms with Crippen molar-refractivity contribution in [2.75, 3.05) is 13.2 Å². The lowest BCUT2D eigenvalue weighted by atomic mass is 9.76. The normalized spacial score (nSPS) is 25.4. The first-order valence-corrected chi connectivity index (χ1v) is 5.72. The molecule has 3 nitrogen and oxygen atoms in total. The minimum Gasteiger partial charge on any atom is -0.387 e. The average Bonchev–Trinajstić information content (AvgIpc) is 2.42. The third-order valence-electron chi connectivity index (χ3n) is 3.29. The van der Waals surface area contributed by atoms with E-state index in [9.17, 15) is 19.1 Å². The summed E-state index contributed by atoms with van der Waals surface area (Å²) >= 11 is 0. The van der Waals surface area contributed by atoms with E-state index in [1.54, 1.807) is 0 Å². The van der Waals surface area contributed by atoms with Crippen LogP contribution in [0.2, 0.25) is 0 Å². The number of nitrogens with zero attached hydrogens (tertiary/aromatic N) is 1. The molecule has 5 heteroatoms. The molecule has 0 amide bonds. The van der Waals surface area contributed by atoms with Crippen LogP contribution in [-0.2, 0) is 4.74 Å².